The number of halogens is 3. The Morgan fingerprint density at radius 1 is 1.05 bits per heavy atom. The van der Waals surface area contributed by atoms with Gasteiger partial charge in [0.1, 0.15) is 11.8 Å². The number of carbonyl (C=O) groups excluding carboxylic acids is 1. The maximum atomic E-state index is 13.6. The van der Waals surface area contributed by atoms with E-state index in [0.717, 1.165) is 10.9 Å². The Balaban J connectivity index is 1.54. The number of ether oxygens (including phenoxy) is 2. The number of amides is 1. The molecule has 13 heteroatoms. The minimum Gasteiger partial charge on any atom is -0.495 e. The molecule has 3 heterocycles. The van der Waals surface area contributed by atoms with Crippen LogP contribution in [0.3, 0.4) is 0 Å². The molecule has 1 unspecified atom stereocenters. The zero-order chi connectivity index (χ0) is 30.0. The fourth-order valence-corrected chi connectivity index (χ4v) is 4.97. The molecule has 0 aliphatic carbocycles. The second kappa shape index (κ2) is 12.1. The van der Waals surface area contributed by atoms with Crippen molar-refractivity contribution < 1.29 is 23.0 Å². The number of aryl methyl sites for hydroxylation is 1. The molecule has 1 atom stereocenters. The topological polar surface area (TPSA) is 105 Å². The van der Waals surface area contributed by atoms with E-state index in [2.05, 4.69) is 15.5 Å². The highest BCUT2D eigenvalue weighted by Gasteiger charge is 2.25. The van der Waals surface area contributed by atoms with E-state index in [9.17, 15) is 18.4 Å². The summed E-state index contributed by atoms with van der Waals surface area (Å²) in [5, 5.41) is 12.2. The summed E-state index contributed by atoms with van der Waals surface area (Å²) in [6.45, 7) is -2.60. The van der Waals surface area contributed by atoms with Crippen LogP contribution >= 0.6 is 11.6 Å². The van der Waals surface area contributed by atoms with Crippen molar-refractivity contribution in [1.29, 1.82) is 0 Å². The monoisotopic (exact) mass is 596 g/mol. The summed E-state index contributed by atoms with van der Waals surface area (Å²) in [6.07, 6.45) is 6.01. The normalized spacial score (nSPS) is 12.2. The molecule has 5 aromatic rings. The third-order valence-electron chi connectivity index (χ3n) is 6.77. The molecule has 0 aliphatic rings. The fraction of sp³-hybridized carbons (Fsp3) is 0.241. The molecule has 1 N–H and O–H groups in total. The minimum absolute atomic E-state index is 0.203. The van der Waals surface area contributed by atoms with E-state index >= 15 is 0 Å². The standard InChI is InChI=1S/C29H27ClF2N6O4/c1-36-14-17-10-20(5-7-24(17)35-36)34-28(40)25(8-9-41-2)37-16-26(42-3)23(12-27(37)39)22-11-19(30)4-6-21(22)18-13-33-38(15-18)29(31)32/h4-7,10-16,25,29H,8-9H2,1-3H3,(H,34,40). The number of aromatic nitrogens is 5. The van der Waals surface area contributed by atoms with Crippen molar-refractivity contribution in [2.75, 3.05) is 26.1 Å². The van der Waals surface area contributed by atoms with Crippen LogP contribution in [0.2, 0.25) is 5.02 Å². The van der Waals surface area contributed by atoms with Gasteiger partial charge in [-0.25, -0.2) is 4.68 Å². The number of alkyl halides is 2. The highest BCUT2D eigenvalue weighted by molar-refractivity contribution is 6.31. The van der Waals surface area contributed by atoms with Crippen molar-refractivity contribution in [3.63, 3.8) is 0 Å². The number of methoxy groups -OCH3 is 2. The maximum Gasteiger partial charge on any atom is 0.333 e. The summed E-state index contributed by atoms with van der Waals surface area (Å²) in [6, 6.07) is 10.6. The van der Waals surface area contributed by atoms with Crippen LogP contribution in [-0.4, -0.2) is 50.9 Å². The average molecular weight is 597 g/mol. The van der Waals surface area contributed by atoms with E-state index in [-0.39, 0.29) is 18.8 Å². The zero-order valence-corrected chi connectivity index (χ0v) is 23.7. The van der Waals surface area contributed by atoms with E-state index in [1.165, 1.54) is 43.4 Å². The summed E-state index contributed by atoms with van der Waals surface area (Å²) in [5.41, 5.74) is 2.60. The van der Waals surface area contributed by atoms with Gasteiger partial charge in [0.15, 0.2) is 0 Å². The smallest absolute Gasteiger partial charge is 0.333 e. The fourth-order valence-electron chi connectivity index (χ4n) is 4.80. The van der Waals surface area contributed by atoms with Crippen molar-refractivity contribution in [2.45, 2.75) is 19.0 Å². The highest BCUT2D eigenvalue weighted by Crippen LogP contribution is 2.38. The number of rotatable bonds is 10. The van der Waals surface area contributed by atoms with E-state index in [1.54, 1.807) is 41.1 Å². The van der Waals surface area contributed by atoms with Crippen LogP contribution in [0.1, 0.15) is 19.0 Å². The number of hydrogen-bond donors (Lipinski definition) is 1. The van der Waals surface area contributed by atoms with E-state index < -0.39 is 24.1 Å². The summed E-state index contributed by atoms with van der Waals surface area (Å²) in [7, 11) is 4.75. The summed E-state index contributed by atoms with van der Waals surface area (Å²) in [5.74, 6) is -0.151. The molecule has 2 aromatic carbocycles. The van der Waals surface area contributed by atoms with E-state index in [0.29, 0.717) is 37.6 Å². The molecule has 0 fully saturated rings. The molecule has 0 saturated heterocycles. The van der Waals surface area contributed by atoms with Gasteiger partial charge >= 0.3 is 6.55 Å². The lowest BCUT2D eigenvalue weighted by molar-refractivity contribution is -0.119. The number of nitrogens with zero attached hydrogens (tertiary/aromatic N) is 5. The van der Waals surface area contributed by atoms with Crippen molar-refractivity contribution in [1.82, 2.24) is 24.1 Å². The Bertz CT molecular complexity index is 1820. The predicted octanol–water partition coefficient (Wildman–Crippen LogP) is 5.54. The van der Waals surface area contributed by atoms with Crippen LogP contribution in [0, 0.1) is 0 Å². The Labute approximate surface area is 244 Å². The molecular formula is C29H27ClF2N6O4. The first kappa shape index (κ1) is 29.0. The molecule has 0 aliphatic heterocycles. The van der Waals surface area contributed by atoms with Gasteiger partial charge in [-0.15, -0.1) is 0 Å². The Morgan fingerprint density at radius 3 is 2.57 bits per heavy atom. The number of carbonyl (C=O) groups is 1. The summed E-state index contributed by atoms with van der Waals surface area (Å²) in [4.78, 5) is 27.1. The maximum absolute atomic E-state index is 13.6. The molecule has 0 bridgehead atoms. The van der Waals surface area contributed by atoms with Crippen molar-refractivity contribution in [3.8, 4) is 28.0 Å². The lowest BCUT2D eigenvalue weighted by Crippen LogP contribution is -2.34. The first-order chi connectivity index (χ1) is 20.2. The largest absolute Gasteiger partial charge is 0.495 e. The van der Waals surface area contributed by atoms with Crippen LogP contribution < -0.4 is 15.6 Å². The summed E-state index contributed by atoms with van der Waals surface area (Å²) < 4.78 is 40.8. The first-order valence-electron chi connectivity index (χ1n) is 12.8. The third-order valence-corrected chi connectivity index (χ3v) is 7.00. The van der Waals surface area contributed by atoms with E-state index in [4.69, 9.17) is 21.1 Å². The second-order valence-corrected chi connectivity index (χ2v) is 9.98. The highest BCUT2D eigenvalue weighted by atomic mass is 35.5. The molecule has 3 aromatic heterocycles. The van der Waals surface area contributed by atoms with Gasteiger partial charge in [-0.3, -0.25) is 18.8 Å². The SMILES string of the molecule is COCCC(C(=O)Nc1ccc2nn(C)cc2c1)n1cc(OC)c(-c2cc(Cl)ccc2-c2cnn(C(F)F)c2)cc1=O. The first-order valence-corrected chi connectivity index (χ1v) is 13.2. The second-order valence-electron chi connectivity index (χ2n) is 9.54. The summed E-state index contributed by atoms with van der Waals surface area (Å²) >= 11 is 6.30. The van der Waals surface area contributed by atoms with Gasteiger partial charge in [-0.1, -0.05) is 17.7 Å². The molecular weight excluding hydrogens is 570 g/mol. The Kier molecular flexibility index (Phi) is 8.36. The minimum atomic E-state index is -2.81. The number of hydrogen-bond acceptors (Lipinski definition) is 6. The quantitative estimate of drug-likeness (QED) is 0.227. The van der Waals surface area contributed by atoms with Crippen LogP contribution in [0.5, 0.6) is 5.75 Å². The number of anilines is 1. The van der Waals surface area contributed by atoms with Crippen molar-refractivity contribution in [2.24, 2.45) is 7.05 Å². The Morgan fingerprint density at radius 2 is 1.86 bits per heavy atom. The Hall–Kier alpha value is -4.55. The van der Waals surface area contributed by atoms with Gasteiger partial charge in [0.2, 0.25) is 5.91 Å². The van der Waals surface area contributed by atoms with Gasteiger partial charge < -0.3 is 14.8 Å². The lowest BCUT2D eigenvalue weighted by Gasteiger charge is -2.21. The number of benzene rings is 2. The van der Waals surface area contributed by atoms with Crippen LogP contribution in [0.25, 0.3) is 33.2 Å². The van der Waals surface area contributed by atoms with E-state index in [1.807, 2.05) is 13.2 Å². The van der Waals surface area contributed by atoms with Crippen LogP contribution in [0.4, 0.5) is 14.5 Å². The van der Waals surface area contributed by atoms with Gasteiger partial charge in [-0.2, -0.15) is 19.0 Å². The van der Waals surface area contributed by atoms with Gasteiger partial charge in [-0.05, 0) is 41.5 Å². The molecule has 0 radical (unpaired) electrons. The van der Waals surface area contributed by atoms with Crippen molar-refractivity contribution >= 4 is 34.1 Å². The predicted molar refractivity (Wildman–Crippen MR) is 155 cm³/mol. The average Bonchev–Trinajstić information content (AvgIpc) is 3.60. The molecule has 5 rings (SSSR count). The molecule has 42 heavy (non-hydrogen) atoms. The molecule has 10 nitrogen and oxygen atoms in total. The van der Waals surface area contributed by atoms with Gasteiger partial charge in [0.05, 0.1) is 25.0 Å². The third kappa shape index (κ3) is 5.90. The zero-order valence-electron chi connectivity index (χ0n) is 22.9. The number of nitrogens with one attached hydrogen (secondary N) is 1. The van der Waals surface area contributed by atoms with Crippen LogP contribution in [0.15, 0.2) is 72.0 Å². The molecule has 1 amide bonds. The lowest BCUT2D eigenvalue weighted by atomic mass is 9.96. The molecule has 218 valence electrons. The molecule has 0 saturated carbocycles. The number of pyridine rings is 1. The number of fused-ring (bicyclic) bond motifs is 1. The van der Waals surface area contributed by atoms with Gasteiger partial charge in [0.25, 0.3) is 5.56 Å². The van der Waals surface area contributed by atoms with Gasteiger partial charge in [0, 0.05) is 72.9 Å². The van der Waals surface area contributed by atoms with Crippen LogP contribution in [-0.2, 0) is 16.6 Å². The van der Waals surface area contributed by atoms with Crippen molar-refractivity contribution in [3.05, 3.63) is 82.6 Å². The molecule has 0 spiro atoms.